The number of pyridine rings is 1. The van der Waals surface area contributed by atoms with Gasteiger partial charge in [0.1, 0.15) is 5.69 Å². The molecule has 8 heteroatoms. The first kappa shape index (κ1) is 16.1. The number of aromatic nitrogens is 5. The summed E-state index contributed by atoms with van der Waals surface area (Å²) in [5.41, 5.74) is 1.03. The minimum Gasteiger partial charge on any atom is -0.287 e. The number of fused-ring (bicyclic) bond motifs is 2. The molecule has 0 saturated heterocycles. The van der Waals surface area contributed by atoms with Crippen molar-refractivity contribution in [3.05, 3.63) is 85.4 Å². The highest BCUT2D eigenvalue weighted by Gasteiger charge is 2.14. The van der Waals surface area contributed by atoms with Crippen molar-refractivity contribution >= 4 is 22.6 Å². The highest BCUT2D eigenvalue weighted by atomic mass is 16.1. The van der Waals surface area contributed by atoms with Crippen LogP contribution in [0.2, 0.25) is 0 Å². The smallest absolute Gasteiger partial charge is 0.216 e. The van der Waals surface area contributed by atoms with Gasteiger partial charge in [0, 0.05) is 23.2 Å². The minimum atomic E-state index is -0.374. The predicted molar refractivity (Wildman–Crippen MR) is 103 cm³/mol. The third kappa shape index (κ3) is 2.28. The fourth-order valence-electron chi connectivity index (χ4n) is 3.20. The summed E-state index contributed by atoms with van der Waals surface area (Å²) in [5.74, 6) is 0.506. The Hall–Kier alpha value is -4.07. The van der Waals surface area contributed by atoms with E-state index in [1.807, 2.05) is 18.2 Å². The molecule has 0 atom stereocenters. The van der Waals surface area contributed by atoms with Gasteiger partial charge in [-0.1, -0.05) is 30.3 Å². The van der Waals surface area contributed by atoms with Crippen molar-refractivity contribution in [1.82, 2.24) is 24.8 Å². The summed E-state index contributed by atoms with van der Waals surface area (Å²) in [5, 5.41) is 14.0. The molecule has 0 aliphatic heterocycles. The first-order chi connectivity index (χ1) is 13.6. The maximum atomic E-state index is 12.5. The summed E-state index contributed by atoms with van der Waals surface area (Å²) in [6.07, 6.45) is 3.12. The summed E-state index contributed by atoms with van der Waals surface area (Å²) in [4.78, 5) is 33.4. The topological polar surface area (TPSA) is 102 Å². The van der Waals surface area contributed by atoms with Gasteiger partial charge < -0.3 is 0 Å². The molecule has 0 unspecified atom stereocenters. The van der Waals surface area contributed by atoms with Gasteiger partial charge in [0.25, 0.3) is 0 Å². The molecule has 2 aromatic carbocycles. The van der Waals surface area contributed by atoms with Gasteiger partial charge in [-0.05, 0) is 19.1 Å². The summed E-state index contributed by atoms with van der Waals surface area (Å²) in [7, 11) is 0. The second kappa shape index (κ2) is 5.98. The van der Waals surface area contributed by atoms with Gasteiger partial charge in [0.05, 0.1) is 10.9 Å². The molecule has 134 valence electrons. The molecule has 0 aliphatic rings. The van der Waals surface area contributed by atoms with Crippen LogP contribution in [0.25, 0.3) is 34.1 Å². The van der Waals surface area contributed by atoms with Crippen LogP contribution in [0.1, 0.15) is 5.69 Å². The molecular weight excluding hydrogens is 356 g/mol. The lowest BCUT2D eigenvalue weighted by Gasteiger charge is -1.93. The molecule has 5 aromatic rings. The van der Waals surface area contributed by atoms with Gasteiger partial charge in [0.15, 0.2) is 11.0 Å². The molecule has 0 fully saturated rings. The molecule has 3 heterocycles. The van der Waals surface area contributed by atoms with Gasteiger partial charge in [-0.2, -0.15) is 9.61 Å². The number of benzene rings is 1. The second-order valence-electron chi connectivity index (χ2n) is 6.28. The molecule has 0 aliphatic carbocycles. The maximum absolute atomic E-state index is 12.5. The molecule has 0 N–H and O–H groups in total. The monoisotopic (exact) mass is 368 g/mol. The summed E-state index contributed by atoms with van der Waals surface area (Å²) in [6, 6.07) is 12.2. The third-order valence-electron chi connectivity index (χ3n) is 4.58. The van der Waals surface area contributed by atoms with Crippen LogP contribution in [-0.2, 0) is 0 Å². The number of nitrogens with zero attached hydrogens (tertiary/aromatic N) is 6. The van der Waals surface area contributed by atoms with Gasteiger partial charge in [-0.15, -0.1) is 10.2 Å². The van der Waals surface area contributed by atoms with Crippen molar-refractivity contribution in [3.8, 4) is 11.5 Å². The van der Waals surface area contributed by atoms with E-state index in [-0.39, 0.29) is 16.2 Å². The lowest BCUT2D eigenvalue weighted by molar-refractivity contribution is 0.930. The Balaban J connectivity index is 1.75. The normalized spacial score (nSPS) is 12.2. The van der Waals surface area contributed by atoms with E-state index in [0.29, 0.717) is 38.9 Å². The Kier molecular flexibility index (Phi) is 3.45. The zero-order valence-electron chi connectivity index (χ0n) is 14.7. The van der Waals surface area contributed by atoms with Gasteiger partial charge in [-0.25, -0.2) is 4.99 Å². The van der Waals surface area contributed by atoms with E-state index in [4.69, 9.17) is 0 Å². The van der Waals surface area contributed by atoms with Gasteiger partial charge in [-0.3, -0.25) is 14.6 Å². The minimum absolute atomic E-state index is 0.107. The average Bonchev–Trinajstić information content (AvgIpc) is 3.34. The molecular formula is C20H12N6O2. The molecule has 5 rings (SSSR count). The molecule has 3 aromatic heterocycles. The number of rotatable bonds is 2. The van der Waals surface area contributed by atoms with Crippen LogP contribution in [0.5, 0.6) is 0 Å². The van der Waals surface area contributed by atoms with Crippen molar-refractivity contribution in [2.24, 2.45) is 4.99 Å². The van der Waals surface area contributed by atoms with Crippen LogP contribution in [-0.4, -0.2) is 24.8 Å². The maximum Gasteiger partial charge on any atom is 0.216 e. The van der Waals surface area contributed by atoms with E-state index in [1.54, 1.807) is 41.9 Å². The Morgan fingerprint density at radius 3 is 2.36 bits per heavy atom. The third-order valence-corrected chi connectivity index (χ3v) is 4.58. The van der Waals surface area contributed by atoms with E-state index in [2.05, 4.69) is 25.3 Å². The molecule has 0 radical (unpaired) electrons. The summed E-state index contributed by atoms with van der Waals surface area (Å²) in [6.45, 7) is 1.80. The van der Waals surface area contributed by atoms with Crippen LogP contribution in [0, 0.1) is 6.92 Å². The predicted octanol–water partition coefficient (Wildman–Crippen LogP) is 0.302. The van der Waals surface area contributed by atoms with Crippen molar-refractivity contribution in [3.63, 3.8) is 0 Å². The molecule has 0 amide bonds. The Morgan fingerprint density at radius 1 is 0.964 bits per heavy atom. The molecule has 8 nitrogen and oxygen atoms in total. The molecule has 0 saturated carbocycles. The van der Waals surface area contributed by atoms with E-state index in [9.17, 15) is 9.59 Å². The van der Waals surface area contributed by atoms with Gasteiger partial charge >= 0.3 is 0 Å². The van der Waals surface area contributed by atoms with Crippen molar-refractivity contribution in [1.29, 1.82) is 0 Å². The second-order valence-corrected chi connectivity index (χ2v) is 6.28. The first-order valence-corrected chi connectivity index (χ1v) is 8.54. The fraction of sp³-hybridized carbons (Fsp3) is 0.0500. The zero-order chi connectivity index (χ0) is 19.3. The summed E-state index contributed by atoms with van der Waals surface area (Å²) < 4.78 is 1.58. The summed E-state index contributed by atoms with van der Waals surface area (Å²) >= 11 is 0. The highest BCUT2D eigenvalue weighted by molar-refractivity contribution is 5.83. The van der Waals surface area contributed by atoms with Crippen LogP contribution >= 0.6 is 0 Å². The quantitative estimate of drug-likeness (QED) is 0.444. The first-order valence-electron chi connectivity index (χ1n) is 8.54. The average molecular weight is 368 g/mol. The lowest BCUT2D eigenvalue weighted by Crippen LogP contribution is -2.31. The largest absolute Gasteiger partial charge is 0.287 e. The van der Waals surface area contributed by atoms with E-state index < -0.39 is 0 Å². The van der Waals surface area contributed by atoms with Gasteiger partial charge in [0.2, 0.25) is 16.7 Å². The van der Waals surface area contributed by atoms with E-state index in [0.717, 1.165) is 0 Å². The zero-order valence-corrected chi connectivity index (χ0v) is 14.7. The Bertz CT molecular complexity index is 1510. The fourth-order valence-corrected chi connectivity index (χ4v) is 3.20. The SMILES string of the molecule is Cc1nn2c(-c3ccccn3)nnc2c1=CN=c1c(=O)c2ccccc2c1=O. The number of hydrogen-bond donors (Lipinski definition) is 0. The Morgan fingerprint density at radius 2 is 1.68 bits per heavy atom. The van der Waals surface area contributed by atoms with Crippen LogP contribution in [0.4, 0.5) is 0 Å². The standard InChI is InChI=1S/C20H12N6O2/c1-11-14(10-22-16-17(27)12-6-2-3-7-13(12)18(16)28)19-23-24-20(26(19)25-11)15-8-4-5-9-21-15/h2-10H,1H3. The highest BCUT2D eigenvalue weighted by Crippen LogP contribution is 2.13. The molecule has 0 bridgehead atoms. The number of hydrogen-bond acceptors (Lipinski definition) is 7. The van der Waals surface area contributed by atoms with E-state index in [1.165, 1.54) is 6.20 Å². The van der Waals surface area contributed by atoms with Crippen molar-refractivity contribution in [2.75, 3.05) is 0 Å². The van der Waals surface area contributed by atoms with Crippen molar-refractivity contribution in [2.45, 2.75) is 6.92 Å². The van der Waals surface area contributed by atoms with Crippen LogP contribution in [0.15, 0.2) is 63.2 Å². The van der Waals surface area contributed by atoms with Crippen LogP contribution in [0.3, 0.4) is 0 Å². The molecule has 28 heavy (non-hydrogen) atoms. The Labute approximate surface area is 156 Å². The lowest BCUT2D eigenvalue weighted by atomic mass is 10.2. The van der Waals surface area contributed by atoms with Crippen LogP contribution < -0.4 is 21.4 Å². The van der Waals surface area contributed by atoms with E-state index >= 15 is 0 Å². The molecule has 0 spiro atoms. The number of aryl methyl sites for hydroxylation is 1. The van der Waals surface area contributed by atoms with Crippen molar-refractivity contribution < 1.29 is 0 Å².